The fourth-order valence-corrected chi connectivity index (χ4v) is 5.21. The summed E-state index contributed by atoms with van der Waals surface area (Å²) in [6.07, 6.45) is 4.15. The molecule has 1 aliphatic carbocycles. The summed E-state index contributed by atoms with van der Waals surface area (Å²) in [5, 5.41) is 19.4. The first-order chi connectivity index (χ1) is 14.6. The van der Waals surface area contributed by atoms with Crippen LogP contribution in [0.25, 0.3) is 10.8 Å². The average molecular weight is 423 g/mol. The first-order valence-corrected chi connectivity index (χ1v) is 11.3. The van der Waals surface area contributed by atoms with Gasteiger partial charge in [0.25, 0.3) is 5.91 Å². The van der Waals surface area contributed by atoms with Gasteiger partial charge in [0.1, 0.15) is 5.54 Å². The third kappa shape index (κ3) is 3.98. The Hall–Kier alpha value is -2.70. The topological polar surface area (TPSA) is 78.4 Å². The van der Waals surface area contributed by atoms with E-state index < -0.39 is 5.54 Å². The lowest BCUT2D eigenvalue weighted by atomic mass is 9.76. The molecule has 5 nitrogen and oxygen atoms in total. The number of anilines is 1. The summed E-state index contributed by atoms with van der Waals surface area (Å²) in [5.41, 5.74) is 0.346. The van der Waals surface area contributed by atoms with E-state index in [0.717, 1.165) is 30.0 Å². The molecule has 3 N–H and O–H groups in total. The molecule has 0 bridgehead atoms. The van der Waals surface area contributed by atoms with Crippen LogP contribution in [0.5, 0.6) is 0 Å². The van der Waals surface area contributed by atoms with Crippen molar-refractivity contribution in [1.29, 1.82) is 0 Å². The van der Waals surface area contributed by atoms with Crippen molar-refractivity contribution in [3.8, 4) is 0 Å². The Morgan fingerprint density at radius 1 is 1.00 bits per heavy atom. The van der Waals surface area contributed by atoms with Crippen LogP contribution in [0, 0.1) is 0 Å². The molecule has 1 saturated carbocycles. The van der Waals surface area contributed by atoms with Crippen LogP contribution in [0.1, 0.15) is 52.1 Å². The Balaban J connectivity index is 1.67. The number of hydrogen-bond donors (Lipinski definition) is 3. The van der Waals surface area contributed by atoms with Crippen molar-refractivity contribution in [2.75, 3.05) is 18.5 Å². The molecule has 4 rings (SSSR count). The average Bonchev–Trinajstić information content (AvgIpc) is 3.22. The van der Waals surface area contributed by atoms with Crippen LogP contribution in [0.15, 0.2) is 53.9 Å². The summed E-state index contributed by atoms with van der Waals surface area (Å²) in [4.78, 5) is 27.7. The summed E-state index contributed by atoms with van der Waals surface area (Å²) in [6, 6.07) is 15.2. The largest absolute Gasteiger partial charge is 0.395 e. The molecule has 1 aromatic heterocycles. The molecule has 1 heterocycles. The number of ketones is 1. The lowest BCUT2D eigenvalue weighted by Crippen LogP contribution is -2.55. The van der Waals surface area contributed by atoms with E-state index in [2.05, 4.69) is 10.6 Å². The molecular formula is C24H26N2O3S. The van der Waals surface area contributed by atoms with Gasteiger partial charge in [-0.2, -0.15) is 0 Å². The van der Waals surface area contributed by atoms with Gasteiger partial charge < -0.3 is 15.7 Å². The van der Waals surface area contributed by atoms with Crippen molar-refractivity contribution >= 4 is 39.5 Å². The fraction of sp³-hybridized carbons (Fsp3) is 0.333. The van der Waals surface area contributed by atoms with Crippen molar-refractivity contribution in [2.45, 2.75) is 37.6 Å². The molecule has 0 spiro atoms. The monoisotopic (exact) mass is 422 g/mol. The van der Waals surface area contributed by atoms with E-state index in [-0.39, 0.29) is 18.3 Å². The van der Waals surface area contributed by atoms with Crippen molar-refractivity contribution in [2.24, 2.45) is 0 Å². The zero-order valence-corrected chi connectivity index (χ0v) is 17.6. The third-order valence-electron chi connectivity index (χ3n) is 5.81. The fourth-order valence-electron chi connectivity index (χ4n) is 4.29. The summed E-state index contributed by atoms with van der Waals surface area (Å²) in [5.74, 6) is -0.241. The van der Waals surface area contributed by atoms with Crippen LogP contribution >= 0.6 is 11.3 Å². The third-order valence-corrected chi connectivity index (χ3v) is 6.82. The highest BCUT2D eigenvalue weighted by molar-refractivity contribution is 7.13. The van der Waals surface area contributed by atoms with Crippen LogP contribution in [-0.4, -0.2) is 35.5 Å². The van der Waals surface area contributed by atoms with E-state index in [1.807, 2.05) is 47.8 Å². The second kappa shape index (κ2) is 8.98. The summed E-state index contributed by atoms with van der Waals surface area (Å²) < 4.78 is 0. The van der Waals surface area contributed by atoms with Gasteiger partial charge in [-0.3, -0.25) is 9.59 Å². The molecule has 1 fully saturated rings. The van der Waals surface area contributed by atoms with Gasteiger partial charge in [-0.1, -0.05) is 55.7 Å². The number of carbonyl (C=O) groups excluding carboxylic acids is 2. The number of aliphatic hydroxyl groups excluding tert-OH is 1. The van der Waals surface area contributed by atoms with Crippen LogP contribution in [0.2, 0.25) is 0 Å². The number of fused-ring (bicyclic) bond motifs is 1. The van der Waals surface area contributed by atoms with Crippen molar-refractivity contribution < 1.29 is 14.7 Å². The normalized spacial score (nSPS) is 15.6. The number of aliphatic hydroxyl groups is 1. The molecule has 0 radical (unpaired) electrons. The maximum Gasteiger partial charge on any atom is 0.262 e. The highest BCUT2D eigenvalue weighted by Gasteiger charge is 2.42. The van der Waals surface area contributed by atoms with E-state index in [1.54, 1.807) is 6.07 Å². The molecule has 156 valence electrons. The van der Waals surface area contributed by atoms with E-state index in [4.69, 9.17) is 5.11 Å². The minimum absolute atomic E-state index is 0.0180. The maximum atomic E-state index is 13.8. The molecule has 1 aliphatic rings. The van der Waals surface area contributed by atoms with Gasteiger partial charge in [-0.15, -0.1) is 11.3 Å². The van der Waals surface area contributed by atoms with Crippen molar-refractivity contribution in [1.82, 2.24) is 5.32 Å². The number of para-hydroxylation sites is 1. The van der Waals surface area contributed by atoms with Crippen LogP contribution in [-0.2, 0) is 0 Å². The number of Topliss-reactive ketones (excluding diaryl/α,β-unsaturated/α-hetero) is 1. The Labute approximate surface area is 180 Å². The number of rotatable bonds is 7. The molecule has 30 heavy (non-hydrogen) atoms. The predicted molar refractivity (Wildman–Crippen MR) is 121 cm³/mol. The maximum absolute atomic E-state index is 13.8. The van der Waals surface area contributed by atoms with Gasteiger partial charge in [-0.25, -0.2) is 0 Å². The molecule has 0 unspecified atom stereocenters. The Morgan fingerprint density at radius 3 is 2.53 bits per heavy atom. The smallest absolute Gasteiger partial charge is 0.262 e. The molecule has 0 aliphatic heterocycles. The molecule has 0 saturated heterocycles. The van der Waals surface area contributed by atoms with Crippen LogP contribution in [0.4, 0.5) is 5.69 Å². The minimum Gasteiger partial charge on any atom is -0.395 e. The molecule has 2 aromatic carbocycles. The number of thiophene rings is 1. The number of amides is 1. The second-order valence-electron chi connectivity index (χ2n) is 7.77. The highest BCUT2D eigenvalue weighted by atomic mass is 32.1. The van der Waals surface area contributed by atoms with Gasteiger partial charge in [0, 0.05) is 23.2 Å². The van der Waals surface area contributed by atoms with Crippen molar-refractivity contribution in [3.05, 3.63) is 64.4 Å². The van der Waals surface area contributed by atoms with Gasteiger partial charge in [0.2, 0.25) is 0 Å². The van der Waals surface area contributed by atoms with E-state index >= 15 is 0 Å². The van der Waals surface area contributed by atoms with Gasteiger partial charge in [0.15, 0.2) is 5.78 Å². The molecule has 6 heteroatoms. The van der Waals surface area contributed by atoms with E-state index in [1.165, 1.54) is 11.3 Å². The van der Waals surface area contributed by atoms with Gasteiger partial charge in [-0.05, 0) is 35.7 Å². The molecular weight excluding hydrogens is 396 g/mol. The molecule has 1 amide bonds. The highest BCUT2D eigenvalue weighted by Crippen LogP contribution is 2.35. The molecule has 0 atom stereocenters. The Bertz CT molecular complexity index is 1050. The van der Waals surface area contributed by atoms with Crippen LogP contribution < -0.4 is 10.6 Å². The lowest BCUT2D eigenvalue weighted by Gasteiger charge is -2.37. The zero-order chi connectivity index (χ0) is 21.0. The Morgan fingerprint density at radius 2 is 1.73 bits per heavy atom. The minimum atomic E-state index is -0.905. The summed E-state index contributed by atoms with van der Waals surface area (Å²) in [6.45, 7) is 0.348. The lowest BCUT2D eigenvalue weighted by molar-refractivity contribution is 0.0717. The first kappa shape index (κ1) is 20.6. The summed E-state index contributed by atoms with van der Waals surface area (Å²) >= 11 is 1.42. The van der Waals surface area contributed by atoms with Gasteiger partial charge in [0.05, 0.1) is 11.5 Å². The van der Waals surface area contributed by atoms with Crippen molar-refractivity contribution in [3.63, 3.8) is 0 Å². The number of hydrogen-bond acceptors (Lipinski definition) is 5. The Kier molecular flexibility index (Phi) is 6.16. The zero-order valence-electron chi connectivity index (χ0n) is 16.8. The first-order valence-electron chi connectivity index (χ1n) is 10.4. The van der Waals surface area contributed by atoms with E-state index in [0.29, 0.717) is 35.5 Å². The number of benzene rings is 2. The molecule has 3 aromatic rings. The standard InChI is InChI=1S/C24H26N2O3S/c27-15-14-25-20-11-5-4-10-19(20)22(28)24(12-6-1-7-13-24)26-23(29)21-18-9-3-2-8-17(18)16-30-21/h2-5,8-11,16,25,27H,1,6-7,12-15H2,(H,26,29). The summed E-state index contributed by atoms with van der Waals surface area (Å²) in [7, 11) is 0. The van der Waals surface area contributed by atoms with E-state index in [9.17, 15) is 9.59 Å². The quantitative estimate of drug-likeness (QED) is 0.486. The second-order valence-corrected chi connectivity index (χ2v) is 8.65. The predicted octanol–water partition coefficient (Wildman–Crippen LogP) is 4.62. The SMILES string of the molecule is O=C(NC1(C(=O)c2ccccc2NCCO)CCCCC1)c1scc2ccccc12. The number of carbonyl (C=O) groups is 2. The number of nitrogens with one attached hydrogen (secondary N) is 2. The van der Waals surface area contributed by atoms with Crippen LogP contribution in [0.3, 0.4) is 0 Å². The van der Waals surface area contributed by atoms with Gasteiger partial charge >= 0.3 is 0 Å².